The third kappa shape index (κ3) is 4.42. The topological polar surface area (TPSA) is 88.6 Å². The largest absolute Gasteiger partial charge is 0.492 e. The number of rotatable bonds is 7. The van der Waals surface area contributed by atoms with Crippen LogP contribution in [0.2, 0.25) is 0 Å². The lowest BCUT2D eigenvalue weighted by atomic mass is 10.2. The van der Waals surface area contributed by atoms with Gasteiger partial charge in [0.25, 0.3) is 0 Å². The minimum absolute atomic E-state index is 0.441. The van der Waals surface area contributed by atoms with Crippen molar-refractivity contribution < 1.29 is 4.74 Å². The zero-order valence-corrected chi connectivity index (χ0v) is 16.6. The molecule has 4 rings (SSSR count). The third-order valence-corrected chi connectivity index (χ3v) is 5.18. The van der Waals surface area contributed by atoms with Gasteiger partial charge in [-0.2, -0.15) is 5.26 Å². The molecule has 0 radical (unpaired) electrons. The van der Waals surface area contributed by atoms with Gasteiger partial charge in [0, 0.05) is 18.1 Å². The second-order valence-corrected chi connectivity index (χ2v) is 7.16. The fourth-order valence-electron chi connectivity index (χ4n) is 2.79. The van der Waals surface area contributed by atoms with Crippen LogP contribution in [0.1, 0.15) is 11.4 Å². The Morgan fingerprint density at radius 2 is 2.07 bits per heavy atom. The molecule has 144 valence electrons. The molecule has 0 unspecified atom stereocenters. The van der Waals surface area contributed by atoms with Crippen molar-refractivity contribution >= 4 is 23.0 Å². The first kappa shape index (κ1) is 18.7. The van der Waals surface area contributed by atoms with Gasteiger partial charge in [0.1, 0.15) is 29.9 Å². The number of ether oxygens (including phenoxy) is 1. The summed E-state index contributed by atoms with van der Waals surface area (Å²) in [7, 11) is 0. The second kappa shape index (κ2) is 8.54. The molecule has 3 heterocycles. The van der Waals surface area contributed by atoms with Gasteiger partial charge in [-0.15, -0.1) is 11.3 Å². The Hall–Kier alpha value is -3.70. The van der Waals surface area contributed by atoms with E-state index in [0.717, 1.165) is 28.7 Å². The van der Waals surface area contributed by atoms with E-state index in [-0.39, 0.29) is 0 Å². The molecular formula is C21H18N6OS. The molecule has 8 heteroatoms. The summed E-state index contributed by atoms with van der Waals surface area (Å²) in [5.74, 6) is 2.20. The van der Waals surface area contributed by atoms with E-state index in [1.54, 1.807) is 12.4 Å². The molecule has 1 N–H and O–H groups in total. The Balaban J connectivity index is 1.40. The van der Waals surface area contributed by atoms with Crippen LogP contribution in [0.25, 0.3) is 10.6 Å². The summed E-state index contributed by atoms with van der Waals surface area (Å²) in [5, 5.41) is 14.4. The van der Waals surface area contributed by atoms with E-state index >= 15 is 0 Å². The molecule has 0 aliphatic rings. The SMILES string of the molecule is Cc1nccn1CCOc1ccc(Nc2ncc(C#N)c(-c3cccs3)n2)cc1. The van der Waals surface area contributed by atoms with Gasteiger partial charge in [-0.3, -0.25) is 0 Å². The van der Waals surface area contributed by atoms with E-state index in [4.69, 9.17) is 4.74 Å². The second-order valence-electron chi connectivity index (χ2n) is 6.21. The minimum atomic E-state index is 0.441. The quantitative estimate of drug-likeness (QED) is 0.493. The molecular weight excluding hydrogens is 384 g/mol. The Labute approximate surface area is 172 Å². The average Bonchev–Trinajstić information content (AvgIpc) is 3.42. The van der Waals surface area contributed by atoms with Gasteiger partial charge < -0.3 is 14.6 Å². The molecule has 4 aromatic rings. The first-order valence-corrected chi connectivity index (χ1v) is 9.89. The van der Waals surface area contributed by atoms with Crippen LogP contribution >= 0.6 is 11.3 Å². The highest BCUT2D eigenvalue weighted by molar-refractivity contribution is 7.13. The van der Waals surface area contributed by atoms with Crippen molar-refractivity contribution in [3.8, 4) is 22.4 Å². The molecule has 0 spiro atoms. The van der Waals surface area contributed by atoms with Crippen LogP contribution in [-0.4, -0.2) is 26.1 Å². The molecule has 0 saturated heterocycles. The Bertz CT molecular complexity index is 1130. The summed E-state index contributed by atoms with van der Waals surface area (Å²) >= 11 is 1.54. The van der Waals surface area contributed by atoms with Gasteiger partial charge in [0.15, 0.2) is 0 Å². The molecule has 0 bridgehead atoms. The lowest BCUT2D eigenvalue weighted by molar-refractivity contribution is 0.297. The van der Waals surface area contributed by atoms with Crippen LogP contribution in [0, 0.1) is 18.3 Å². The number of nitriles is 1. The Morgan fingerprint density at radius 1 is 1.21 bits per heavy atom. The summed E-state index contributed by atoms with van der Waals surface area (Å²) in [6.45, 7) is 3.28. The molecule has 3 aromatic heterocycles. The summed E-state index contributed by atoms with van der Waals surface area (Å²) in [6.07, 6.45) is 5.26. The summed E-state index contributed by atoms with van der Waals surface area (Å²) in [4.78, 5) is 13.9. The fourth-order valence-corrected chi connectivity index (χ4v) is 3.52. The molecule has 0 amide bonds. The number of hydrogen-bond acceptors (Lipinski definition) is 7. The summed E-state index contributed by atoms with van der Waals surface area (Å²) in [6, 6.07) is 13.6. The molecule has 0 saturated carbocycles. The predicted molar refractivity (Wildman–Crippen MR) is 112 cm³/mol. The number of aromatic nitrogens is 4. The van der Waals surface area contributed by atoms with E-state index < -0.39 is 0 Å². The average molecular weight is 402 g/mol. The number of nitrogens with zero attached hydrogens (tertiary/aromatic N) is 5. The van der Waals surface area contributed by atoms with E-state index in [1.807, 2.05) is 59.5 Å². The third-order valence-electron chi connectivity index (χ3n) is 4.30. The van der Waals surface area contributed by atoms with Gasteiger partial charge in [-0.25, -0.2) is 15.0 Å². The predicted octanol–water partition coefficient (Wildman–Crippen LogP) is 4.40. The standard InChI is InChI=1S/C21H18N6OS/c1-15-23-8-9-27(15)10-11-28-18-6-4-17(5-7-18)25-21-24-14-16(13-22)20(26-21)19-3-2-12-29-19/h2-9,12,14H,10-11H2,1H3,(H,24,25,26). The van der Waals surface area contributed by atoms with Crippen molar-refractivity contribution in [2.75, 3.05) is 11.9 Å². The normalized spacial score (nSPS) is 10.5. The number of aryl methyl sites for hydroxylation is 1. The highest BCUT2D eigenvalue weighted by Gasteiger charge is 2.10. The number of hydrogen-bond donors (Lipinski definition) is 1. The van der Waals surface area contributed by atoms with Gasteiger partial charge >= 0.3 is 0 Å². The number of nitrogens with one attached hydrogen (secondary N) is 1. The van der Waals surface area contributed by atoms with E-state index in [1.165, 1.54) is 11.3 Å². The number of anilines is 2. The molecule has 1 aromatic carbocycles. The van der Waals surface area contributed by atoms with Crippen molar-refractivity contribution in [2.45, 2.75) is 13.5 Å². The zero-order chi connectivity index (χ0) is 20.1. The number of imidazole rings is 1. The van der Waals surface area contributed by atoms with Crippen molar-refractivity contribution in [3.05, 3.63) is 71.8 Å². The van der Waals surface area contributed by atoms with Crippen LogP contribution in [0.15, 0.2) is 60.4 Å². The molecule has 7 nitrogen and oxygen atoms in total. The fraction of sp³-hybridized carbons (Fsp3) is 0.143. The van der Waals surface area contributed by atoms with Crippen molar-refractivity contribution in [2.24, 2.45) is 0 Å². The molecule has 29 heavy (non-hydrogen) atoms. The maximum Gasteiger partial charge on any atom is 0.227 e. The van der Waals surface area contributed by atoms with Crippen molar-refractivity contribution in [1.82, 2.24) is 19.5 Å². The van der Waals surface area contributed by atoms with Gasteiger partial charge in [0.05, 0.1) is 23.2 Å². The highest BCUT2D eigenvalue weighted by atomic mass is 32.1. The maximum absolute atomic E-state index is 9.31. The Kier molecular flexibility index (Phi) is 5.49. The molecule has 0 aliphatic carbocycles. The van der Waals surface area contributed by atoms with Crippen molar-refractivity contribution in [3.63, 3.8) is 0 Å². The smallest absolute Gasteiger partial charge is 0.227 e. The van der Waals surface area contributed by atoms with Crippen LogP contribution in [0.3, 0.4) is 0 Å². The molecule has 0 aliphatic heterocycles. The van der Waals surface area contributed by atoms with Crippen molar-refractivity contribution in [1.29, 1.82) is 5.26 Å². The van der Waals surface area contributed by atoms with Crippen LogP contribution in [-0.2, 0) is 6.54 Å². The van der Waals surface area contributed by atoms with E-state index in [2.05, 4.69) is 26.3 Å². The molecule has 0 fully saturated rings. The van der Waals surface area contributed by atoms with Crippen LogP contribution in [0.5, 0.6) is 5.75 Å². The summed E-state index contributed by atoms with van der Waals surface area (Å²) < 4.78 is 7.84. The van der Waals surface area contributed by atoms with Crippen LogP contribution in [0.4, 0.5) is 11.6 Å². The number of thiophene rings is 1. The lowest BCUT2D eigenvalue weighted by Gasteiger charge is -2.10. The summed E-state index contributed by atoms with van der Waals surface area (Å²) in [5.41, 5.74) is 1.93. The van der Waals surface area contributed by atoms with Gasteiger partial charge in [-0.1, -0.05) is 6.07 Å². The Morgan fingerprint density at radius 3 is 2.76 bits per heavy atom. The first-order chi connectivity index (χ1) is 14.2. The molecule has 0 atom stereocenters. The minimum Gasteiger partial charge on any atom is -0.492 e. The number of benzene rings is 1. The monoisotopic (exact) mass is 402 g/mol. The van der Waals surface area contributed by atoms with Gasteiger partial charge in [0.2, 0.25) is 5.95 Å². The highest BCUT2D eigenvalue weighted by Crippen LogP contribution is 2.27. The van der Waals surface area contributed by atoms with Gasteiger partial charge in [-0.05, 0) is 42.6 Å². The van der Waals surface area contributed by atoms with E-state index in [0.29, 0.717) is 23.8 Å². The lowest BCUT2D eigenvalue weighted by Crippen LogP contribution is -2.08. The zero-order valence-electron chi connectivity index (χ0n) is 15.7. The van der Waals surface area contributed by atoms with Crippen LogP contribution < -0.4 is 10.1 Å². The first-order valence-electron chi connectivity index (χ1n) is 9.01. The van der Waals surface area contributed by atoms with E-state index in [9.17, 15) is 5.26 Å². The maximum atomic E-state index is 9.31.